The Morgan fingerprint density at radius 2 is 1.97 bits per heavy atom. The number of carbonyl (C=O) groups is 2. The number of rotatable bonds is 8. The van der Waals surface area contributed by atoms with Crippen LogP contribution < -0.4 is 14.8 Å². The topological polar surface area (TPSA) is 117 Å². The number of benzene rings is 1. The predicted molar refractivity (Wildman–Crippen MR) is 105 cm³/mol. The Balaban J connectivity index is 2.15. The highest BCUT2D eigenvalue weighted by Gasteiger charge is 2.30. The van der Waals surface area contributed by atoms with Crippen LogP contribution >= 0.6 is 0 Å². The van der Waals surface area contributed by atoms with E-state index in [0.717, 1.165) is 31.7 Å². The summed E-state index contributed by atoms with van der Waals surface area (Å²) < 4.78 is 15.7. The third kappa shape index (κ3) is 5.58. The number of methoxy groups -OCH3 is 1. The zero-order valence-electron chi connectivity index (χ0n) is 17.2. The molecule has 0 spiro atoms. The molecule has 1 aromatic rings. The van der Waals surface area contributed by atoms with E-state index in [4.69, 9.17) is 14.2 Å². The van der Waals surface area contributed by atoms with Gasteiger partial charge in [0.25, 0.3) is 11.6 Å². The lowest BCUT2D eigenvalue weighted by Gasteiger charge is -2.30. The molecule has 1 aromatic carbocycles. The first-order valence-corrected chi connectivity index (χ1v) is 9.79. The molecule has 0 saturated heterocycles. The summed E-state index contributed by atoms with van der Waals surface area (Å²) in [6.07, 6.45) is 3.02. The molecule has 9 nitrogen and oxygen atoms in total. The number of nitrogens with zero attached hydrogens (tertiary/aromatic N) is 1. The molecule has 160 valence electrons. The molecule has 1 amide bonds. The van der Waals surface area contributed by atoms with Crippen LogP contribution in [0.3, 0.4) is 0 Å². The molecular weight excluding hydrogens is 380 g/mol. The van der Waals surface area contributed by atoms with Crippen molar-refractivity contribution in [2.75, 3.05) is 13.7 Å². The second-order valence-corrected chi connectivity index (χ2v) is 7.13. The zero-order chi connectivity index (χ0) is 21.6. The van der Waals surface area contributed by atoms with E-state index >= 15 is 0 Å². The minimum Gasteiger partial charge on any atom is -0.493 e. The third-order valence-electron chi connectivity index (χ3n) is 5.09. The minimum atomic E-state index is -1.09. The van der Waals surface area contributed by atoms with E-state index in [1.807, 2.05) is 0 Å². The van der Waals surface area contributed by atoms with E-state index in [0.29, 0.717) is 5.92 Å². The maximum Gasteiger partial charge on any atom is 0.346 e. The Morgan fingerprint density at radius 3 is 2.55 bits per heavy atom. The molecule has 0 bridgehead atoms. The Labute approximate surface area is 169 Å². The maximum absolute atomic E-state index is 12.6. The lowest BCUT2D eigenvalue weighted by molar-refractivity contribution is -0.385. The van der Waals surface area contributed by atoms with Gasteiger partial charge >= 0.3 is 5.97 Å². The number of ether oxygens (including phenoxy) is 3. The van der Waals surface area contributed by atoms with Crippen LogP contribution in [0.2, 0.25) is 0 Å². The van der Waals surface area contributed by atoms with Gasteiger partial charge in [0, 0.05) is 12.1 Å². The molecule has 0 aromatic heterocycles. The van der Waals surface area contributed by atoms with E-state index in [9.17, 15) is 19.7 Å². The molecule has 1 aliphatic carbocycles. The van der Waals surface area contributed by atoms with Gasteiger partial charge in [-0.2, -0.15) is 0 Å². The van der Waals surface area contributed by atoms with Gasteiger partial charge in [0.2, 0.25) is 0 Å². The number of nitro benzene ring substituents is 1. The van der Waals surface area contributed by atoms with Gasteiger partial charge in [-0.05, 0) is 32.6 Å². The van der Waals surface area contributed by atoms with Gasteiger partial charge < -0.3 is 19.5 Å². The fourth-order valence-corrected chi connectivity index (χ4v) is 3.40. The van der Waals surface area contributed by atoms with E-state index in [2.05, 4.69) is 12.2 Å². The van der Waals surface area contributed by atoms with Gasteiger partial charge in [0.05, 0.1) is 24.7 Å². The molecule has 0 heterocycles. The van der Waals surface area contributed by atoms with Crippen molar-refractivity contribution in [2.24, 2.45) is 5.92 Å². The molecule has 1 aliphatic rings. The third-order valence-corrected chi connectivity index (χ3v) is 5.09. The second-order valence-electron chi connectivity index (χ2n) is 7.13. The summed E-state index contributed by atoms with van der Waals surface area (Å²) in [6, 6.07) is 2.35. The Bertz CT molecular complexity index is 765. The summed E-state index contributed by atoms with van der Waals surface area (Å²) >= 11 is 0. The highest BCUT2D eigenvalue weighted by Crippen LogP contribution is 2.35. The van der Waals surface area contributed by atoms with Crippen LogP contribution in [0.15, 0.2) is 12.1 Å². The van der Waals surface area contributed by atoms with Crippen molar-refractivity contribution in [1.29, 1.82) is 0 Å². The summed E-state index contributed by atoms with van der Waals surface area (Å²) in [7, 11) is 1.36. The molecule has 1 saturated carbocycles. The number of carbonyl (C=O) groups excluding carboxylic acids is 2. The van der Waals surface area contributed by atoms with Gasteiger partial charge in [0.15, 0.2) is 17.6 Å². The van der Waals surface area contributed by atoms with Crippen LogP contribution in [-0.4, -0.2) is 42.7 Å². The fraction of sp³-hybridized carbons (Fsp3) is 0.600. The van der Waals surface area contributed by atoms with Gasteiger partial charge in [-0.25, -0.2) is 4.79 Å². The molecule has 1 fully saturated rings. The van der Waals surface area contributed by atoms with E-state index in [1.54, 1.807) is 6.92 Å². The molecule has 1 N–H and O–H groups in total. The number of nitrogens with one attached hydrogen (secondary N) is 1. The van der Waals surface area contributed by atoms with Crippen LogP contribution in [0.1, 0.15) is 56.8 Å². The van der Waals surface area contributed by atoms with Crippen molar-refractivity contribution in [3.8, 4) is 11.5 Å². The summed E-state index contributed by atoms with van der Waals surface area (Å²) in [5, 5.41) is 14.3. The second kappa shape index (κ2) is 10.1. The van der Waals surface area contributed by atoms with Crippen LogP contribution in [0.25, 0.3) is 0 Å². The Hall–Kier alpha value is -2.84. The van der Waals surface area contributed by atoms with Gasteiger partial charge in [-0.3, -0.25) is 14.9 Å². The smallest absolute Gasteiger partial charge is 0.346 e. The number of amides is 1. The van der Waals surface area contributed by atoms with E-state index in [1.165, 1.54) is 20.1 Å². The molecule has 9 heteroatoms. The standard InChI is InChI=1S/C20H28N2O7/c1-5-28-18-11-16(22(25)26)14(10-17(18)27-4)20(24)29-13(3)19(23)21-15-9-7-6-8-12(15)2/h10-13,15H,5-9H2,1-4H3,(H,21,23)/t12-,13+,15+/m0/s1. The van der Waals surface area contributed by atoms with Crippen LogP contribution in [0.5, 0.6) is 11.5 Å². The number of nitro groups is 1. The monoisotopic (exact) mass is 408 g/mol. The number of hydrogen-bond donors (Lipinski definition) is 1. The first-order chi connectivity index (χ1) is 13.8. The Morgan fingerprint density at radius 1 is 1.28 bits per heavy atom. The van der Waals surface area contributed by atoms with Crippen LogP contribution in [-0.2, 0) is 9.53 Å². The Kier molecular flexibility index (Phi) is 7.81. The maximum atomic E-state index is 12.6. The molecular formula is C20H28N2O7. The predicted octanol–water partition coefficient (Wildman–Crippen LogP) is 3.24. The summed E-state index contributed by atoms with van der Waals surface area (Å²) in [6.45, 7) is 5.52. The van der Waals surface area contributed by atoms with Crippen molar-refractivity contribution in [2.45, 2.75) is 58.6 Å². The van der Waals surface area contributed by atoms with Crippen LogP contribution in [0.4, 0.5) is 5.69 Å². The zero-order valence-corrected chi connectivity index (χ0v) is 17.2. The number of hydrogen-bond acceptors (Lipinski definition) is 7. The minimum absolute atomic E-state index is 0.0392. The SMILES string of the molecule is CCOc1cc([N+](=O)[O-])c(C(=O)O[C@H](C)C(=O)N[C@@H]2CCCC[C@@H]2C)cc1OC. The molecule has 0 aliphatic heterocycles. The van der Waals surface area contributed by atoms with Crippen molar-refractivity contribution < 1.29 is 28.7 Å². The lowest BCUT2D eigenvalue weighted by Crippen LogP contribution is -2.46. The van der Waals surface area contributed by atoms with E-state index in [-0.39, 0.29) is 29.7 Å². The molecule has 2 rings (SSSR count). The quantitative estimate of drug-likeness (QED) is 0.399. The van der Waals surface area contributed by atoms with Gasteiger partial charge in [0.1, 0.15) is 5.56 Å². The molecule has 3 atom stereocenters. The van der Waals surface area contributed by atoms with Crippen molar-refractivity contribution in [1.82, 2.24) is 5.32 Å². The van der Waals surface area contributed by atoms with Crippen molar-refractivity contribution in [3.05, 3.63) is 27.8 Å². The fourth-order valence-electron chi connectivity index (χ4n) is 3.40. The van der Waals surface area contributed by atoms with Crippen molar-refractivity contribution >= 4 is 17.6 Å². The average molecular weight is 408 g/mol. The first kappa shape index (κ1) is 22.4. The van der Waals surface area contributed by atoms with Crippen molar-refractivity contribution in [3.63, 3.8) is 0 Å². The average Bonchev–Trinajstić information content (AvgIpc) is 2.69. The largest absolute Gasteiger partial charge is 0.493 e. The highest BCUT2D eigenvalue weighted by molar-refractivity contribution is 5.96. The van der Waals surface area contributed by atoms with Gasteiger partial charge in [-0.15, -0.1) is 0 Å². The number of esters is 1. The molecule has 0 unspecified atom stereocenters. The van der Waals surface area contributed by atoms with Gasteiger partial charge in [-0.1, -0.05) is 19.8 Å². The van der Waals surface area contributed by atoms with E-state index < -0.39 is 28.6 Å². The molecule has 0 radical (unpaired) electrons. The lowest BCUT2D eigenvalue weighted by atomic mass is 9.86. The summed E-state index contributed by atoms with van der Waals surface area (Å²) in [5.41, 5.74) is -0.784. The first-order valence-electron chi connectivity index (χ1n) is 9.79. The summed E-state index contributed by atoms with van der Waals surface area (Å²) in [4.78, 5) is 35.7. The normalized spacial score (nSPS) is 19.7. The highest BCUT2D eigenvalue weighted by atomic mass is 16.6. The summed E-state index contributed by atoms with van der Waals surface area (Å²) in [5.74, 6) is -0.727. The molecule has 29 heavy (non-hydrogen) atoms. The van der Waals surface area contributed by atoms with Crippen LogP contribution in [0, 0.1) is 16.0 Å².